The normalized spacial score (nSPS) is 19.2. The number of likely N-dealkylation sites (tertiary alicyclic amines) is 1. The van der Waals surface area contributed by atoms with Crippen LogP contribution in [0.5, 0.6) is 0 Å². The number of hydrogen-bond acceptors (Lipinski definition) is 5. The molecule has 1 saturated heterocycles. The topological polar surface area (TPSA) is 75.2 Å². The van der Waals surface area contributed by atoms with Crippen molar-refractivity contribution in [2.75, 3.05) is 13.1 Å². The van der Waals surface area contributed by atoms with Crippen LogP contribution in [0.2, 0.25) is 0 Å². The predicted molar refractivity (Wildman–Crippen MR) is 99.1 cm³/mol. The summed E-state index contributed by atoms with van der Waals surface area (Å²) in [4.78, 5) is 34.9. The highest BCUT2D eigenvalue weighted by Gasteiger charge is 2.47. The Morgan fingerprint density at radius 2 is 2.08 bits per heavy atom. The van der Waals surface area contributed by atoms with E-state index in [1.165, 1.54) is 11.3 Å². The third-order valence-corrected chi connectivity index (χ3v) is 6.34. The summed E-state index contributed by atoms with van der Waals surface area (Å²) in [7, 11) is 0. The molecular formula is C19H22N4O2S. The number of pyridine rings is 1. The van der Waals surface area contributed by atoms with E-state index in [4.69, 9.17) is 0 Å². The van der Waals surface area contributed by atoms with E-state index in [0.29, 0.717) is 11.3 Å². The Labute approximate surface area is 156 Å². The van der Waals surface area contributed by atoms with E-state index in [-0.39, 0.29) is 23.3 Å². The first kappa shape index (κ1) is 17.1. The maximum Gasteiger partial charge on any atom is 0.273 e. The van der Waals surface area contributed by atoms with Gasteiger partial charge in [0.25, 0.3) is 11.8 Å². The number of thiazole rings is 1. The summed E-state index contributed by atoms with van der Waals surface area (Å²) < 4.78 is 0. The van der Waals surface area contributed by atoms with Crippen molar-refractivity contribution in [3.63, 3.8) is 0 Å². The highest BCUT2D eigenvalue weighted by atomic mass is 32.1. The molecule has 2 amide bonds. The zero-order valence-corrected chi connectivity index (χ0v) is 15.6. The first-order valence-electron chi connectivity index (χ1n) is 8.97. The smallest absolute Gasteiger partial charge is 0.273 e. The number of carbonyl (C=O) groups is 2. The molecule has 1 aliphatic carbocycles. The van der Waals surface area contributed by atoms with Crippen molar-refractivity contribution in [3.05, 3.63) is 46.2 Å². The van der Waals surface area contributed by atoms with E-state index in [0.717, 1.165) is 43.8 Å². The lowest BCUT2D eigenvalue weighted by molar-refractivity contribution is 0.00845. The molecule has 2 fully saturated rings. The number of aromatic nitrogens is 2. The summed E-state index contributed by atoms with van der Waals surface area (Å²) in [6.45, 7) is 3.47. The van der Waals surface area contributed by atoms with Crippen molar-refractivity contribution in [1.82, 2.24) is 20.2 Å². The second kappa shape index (κ2) is 6.79. The van der Waals surface area contributed by atoms with E-state index in [1.807, 2.05) is 17.2 Å². The fourth-order valence-electron chi connectivity index (χ4n) is 4.07. The summed E-state index contributed by atoms with van der Waals surface area (Å²) in [5.74, 6) is -0.00517. The van der Waals surface area contributed by atoms with Crippen LogP contribution in [-0.2, 0) is 0 Å². The van der Waals surface area contributed by atoms with Crippen molar-refractivity contribution >= 4 is 23.2 Å². The largest absolute Gasteiger partial charge is 0.349 e. The molecule has 0 radical (unpaired) electrons. The molecule has 3 heterocycles. The van der Waals surface area contributed by atoms with Gasteiger partial charge in [-0.15, -0.1) is 11.3 Å². The van der Waals surface area contributed by atoms with Crippen LogP contribution >= 0.6 is 11.3 Å². The molecule has 1 aliphatic heterocycles. The van der Waals surface area contributed by atoms with Crippen LogP contribution in [-0.4, -0.2) is 45.8 Å². The summed E-state index contributed by atoms with van der Waals surface area (Å²) in [6.07, 6.45) is 7.25. The second-order valence-electron chi connectivity index (χ2n) is 7.36. The number of rotatable bonds is 3. The van der Waals surface area contributed by atoms with Gasteiger partial charge in [0.15, 0.2) is 0 Å². The van der Waals surface area contributed by atoms with E-state index in [9.17, 15) is 9.59 Å². The number of piperidine rings is 1. The Balaban J connectivity index is 1.27. The van der Waals surface area contributed by atoms with Gasteiger partial charge in [-0.3, -0.25) is 14.6 Å². The summed E-state index contributed by atoms with van der Waals surface area (Å²) in [5.41, 5.74) is 1.45. The van der Waals surface area contributed by atoms with Crippen LogP contribution in [0.4, 0.5) is 0 Å². The molecule has 7 heteroatoms. The molecule has 2 aliphatic rings. The van der Waals surface area contributed by atoms with Gasteiger partial charge in [-0.1, -0.05) is 0 Å². The molecule has 6 nitrogen and oxygen atoms in total. The molecule has 0 bridgehead atoms. The number of carbonyl (C=O) groups excluding carboxylic acids is 2. The lowest BCUT2D eigenvalue weighted by atomic mass is 9.60. The maximum absolute atomic E-state index is 12.5. The highest BCUT2D eigenvalue weighted by molar-refractivity contribution is 7.09. The zero-order valence-electron chi connectivity index (χ0n) is 14.8. The van der Waals surface area contributed by atoms with Crippen LogP contribution < -0.4 is 5.32 Å². The average Bonchev–Trinajstić information content (AvgIpc) is 3.07. The Bertz CT molecular complexity index is 804. The van der Waals surface area contributed by atoms with Gasteiger partial charge in [0, 0.05) is 36.9 Å². The molecule has 1 saturated carbocycles. The predicted octanol–water partition coefficient (Wildman–Crippen LogP) is 2.66. The summed E-state index contributed by atoms with van der Waals surface area (Å²) in [5, 5.41) is 5.87. The molecule has 136 valence electrons. The average molecular weight is 370 g/mol. The molecule has 1 N–H and O–H groups in total. The van der Waals surface area contributed by atoms with Crippen LogP contribution in [0.15, 0.2) is 29.9 Å². The number of amides is 2. The highest BCUT2D eigenvalue weighted by Crippen LogP contribution is 2.49. The van der Waals surface area contributed by atoms with Gasteiger partial charge in [0.2, 0.25) is 0 Å². The van der Waals surface area contributed by atoms with E-state index in [2.05, 4.69) is 15.3 Å². The van der Waals surface area contributed by atoms with Gasteiger partial charge in [-0.2, -0.15) is 0 Å². The molecule has 26 heavy (non-hydrogen) atoms. The quantitative estimate of drug-likeness (QED) is 0.901. The zero-order chi connectivity index (χ0) is 18.1. The van der Waals surface area contributed by atoms with Crippen LogP contribution in [0.25, 0.3) is 0 Å². The molecule has 2 aromatic heterocycles. The third-order valence-electron chi connectivity index (χ3n) is 5.57. The van der Waals surface area contributed by atoms with E-state index in [1.54, 1.807) is 24.5 Å². The fourth-order valence-corrected chi connectivity index (χ4v) is 4.66. The second-order valence-corrected chi connectivity index (χ2v) is 8.43. The van der Waals surface area contributed by atoms with Crippen LogP contribution in [0, 0.1) is 12.3 Å². The summed E-state index contributed by atoms with van der Waals surface area (Å²) >= 11 is 1.51. The Morgan fingerprint density at radius 3 is 2.69 bits per heavy atom. The van der Waals surface area contributed by atoms with Gasteiger partial charge in [-0.25, -0.2) is 4.98 Å². The number of hydrogen-bond donors (Lipinski definition) is 1. The molecule has 1 spiro atoms. The standard InChI is InChI=1S/C19H22N4O2S/c1-13-21-16(12-26-13)18(25)23-7-4-19(5-8-23)9-15(10-19)22-17(24)14-3-2-6-20-11-14/h2-3,6,11-12,15H,4-5,7-10H2,1H3,(H,22,24). The minimum absolute atomic E-state index is 0.0463. The first-order valence-corrected chi connectivity index (χ1v) is 9.85. The SMILES string of the molecule is Cc1nc(C(=O)N2CCC3(CC2)CC(NC(=O)c2cccnc2)C3)cs1. The minimum atomic E-state index is -0.0514. The van der Waals surface area contributed by atoms with Gasteiger partial charge >= 0.3 is 0 Å². The van der Waals surface area contributed by atoms with Gasteiger partial charge in [0.05, 0.1) is 10.6 Å². The fraction of sp³-hybridized carbons (Fsp3) is 0.474. The maximum atomic E-state index is 12.5. The van der Waals surface area contributed by atoms with Crippen molar-refractivity contribution < 1.29 is 9.59 Å². The number of nitrogens with one attached hydrogen (secondary N) is 1. The molecular weight excluding hydrogens is 348 g/mol. The van der Waals surface area contributed by atoms with Crippen molar-refractivity contribution in [2.45, 2.75) is 38.6 Å². The summed E-state index contributed by atoms with van der Waals surface area (Å²) in [6, 6.07) is 3.78. The molecule has 2 aromatic rings. The molecule has 0 aromatic carbocycles. The van der Waals surface area contributed by atoms with Crippen molar-refractivity contribution in [1.29, 1.82) is 0 Å². The Kier molecular flexibility index (Phi) is 4.48. The van der Waals surface area contributed by atoms with Crippen LogP contribution in [0.3, 0.4) is 0 Å². The van der Waals surface area contributed by atoms with E-state index >= 15 is 0 Å². The molecule has 4 rings (SSSR count). The minimum Gasteiger partial charge on any atom is -0.349 e. The number of nitrogens with zero attached hydrogens (tertiary/aromatic N) is 3. The Morgan fingerprint density at radius 1 is 1.31 bits per heavy atom. The Hall–Kier alpha value is -2.28. The first-order chi connectivity index (χ1) is 12.5. The monoisotopic (exact) mass is 370 g/mol. The number of aryl methyl sites for hydroxylation is 1. The van der Waals surface area contributed by atoms with Crippen molar-refractivity contribution in [3.8, 4) is 0 Å². The van der Waals surface area contributed by atoms with Crippen LogP contribution in [0.1, 0.15) is 51.5 Å². The van der Waals surface area contributed by atoms with Gasteiger partial charge < -0.3 is 10.2 Å². The lowest BCUT2D eigenvalue weighted by Crippen LogP contribution is -2.55. The van der Waals surface area contributed by atoms with Gasteiger partial charge in [0.1, 0.15) is 5.69 Å². The molecule has 0 atom stereocenters. The third kappa shape index (κ3) is 3.35. The van der Waals surface area contributed by atoms with Crippen molar-refractivity contribution in [2.24, 2.45) is 5.41 Å². The van der Waals surface area contributed by atoms with E-state index < -0.39 is 0 Å². The molecule has 0 unspecified atom stereocenters. The van der Waals surface area contributed by atoms with Gasteiger partial charge in [-0.05, 0) is 50.2 Å². The lowest BCUT2D eigenvalue weighted by Gasteiger charge is -2.52.